The van der Waals surface area contributed by atoms with Gasteiger partial charge in [0.1, 0.15) is 5.75 Å². The van der Waals surface area contributed by atoms with Crippen molar-refractivity contribution in [2.75, 3.05) is 0 Å². The summed E-state index contributed by atoms with van der Waals surface area (Å²) < 4.78 is 0. The molecular weight excluding hydrogens is 224 g/mol. The molecular formula is C15H12N2O. The molecule has 2 aromatic rings. The van der Waals surface area contributed by atoms with Gasteiger partial charge in [0.15, 0.2) is 0 Å². The highest BCUT2D eigenvalue weighted by molar-refractivity contribution is 5.68. The third kappa shape index (κ3) is 1.93. The van der Waals surface area contributed by atoms with Crippen LogP contribution in [0.1, 0.15) is 29.9 Å². The van der Waals surface area contributed by atoms with E-state index in [1.807, 2.05) is 12.3 Å². The highest BCUT2D eigenvalue weighted by atomic mass is 16.3. The van der Waals surface area contributed by atoms with E-state index in [0.29, 0.717) is 22.7 Å². The van der Waals surface area contributed by atoms with Crippen molar-refractivity contribution in [3.63, 3.8) is 0 Å². The van der Waals surface area contributed by atoms with Crippen molar-refractivity contribution in [3.8, 4) is 23.1 Å². The number of rotatable bonds is 2. The van der Waals surface area contributed by atoms with Crippen molar-refractivity contribution in [2.24, 2.45) is 0 Å². The number of phenolic OH excluding ortho intramolecular Hbond substituents is 1. The Morgan fingerprint density at radius 3 is 2.67 bits per heavy atom. The van der Waals surface area contributed by atoms with Crippen LogP contribution in [0, 0.1) is 11.3 Å². The van der Waals surface area contributed by atoms with E-state index < -0.39 is 0 Å². The Bertz CT molecular complexity index is 622. The first kappa shape index (κ1) is 10.8. The van der Waals surface area contributed by atoms with Gasteiger partial charge in [-0.25, -0.2) is 0 Å². The molecule has 1 fully saturated rings. The van der Waals surface area contributed by atoms with Gasteiger partial charge in [-0.1, -0.05) is 6.07 Å². The summed E-state index contributed by atoms with van der Waals surface area (Å²) in [5, 5.41) is 18.7. The number of aromatic nitrogens is 1. The molecule has 0 aliphatic heterocycles. The van der Waals surface area contributed by atoms with Gasteiger partial charge in [-0.05, 0) is 48.6 Å². The van der Waals surface area contributed by atoms with Gasteiger partial charge >= 0.3 is 0 Å². The van der Waals surface area contributed by atoms with Crippen LogP contribution >= 0.6 is 0 Å². The minimum atomic E-state index is 0.153. The summed E-state index contributed by atoms with van der Waals surface area (Å²) in [7, 11) is 0. The monoisotopic (exact) mass is 236 g/mol. The zero-order valence-corrected chi connectivity index (χ0v) is 9.80. The SMILES string of the molecule is N#Cc1ccc(O)c(-c2ccc(C3CC3)cn2)c1. The molecule has 1 aliphatic carbocycles. The van der Waals surface area contributed by atoms with Crippen molar-refractivity contribution in [1.29, 1.82) is 5.26 Å². The molecule has 1 aromatic carbocycles. The van der Waals surface area contributed by atoms with Crippen LogP contribution in [0.25, 0.3) is 11.3 Å². The lowest BCUT2D eigenvalue weighted by atomic mass is 10.1. The highest BCUT2D eigenvalue weighted by Crippen LogP contribution is 2.40. The van der Waals surface area contributed by atoms with Crippen LogP contribution in [-0.2, 0) is 0 Å². The van der Waals surface area contributed by atoms with Crippen LogP contribution in [-0.4, -0.2) is 10.1 Å². The minimum Gasteiger partial charge on any atom is -0.507 e. The fourth-order valence-electron chi connectivity index (χ4n) is 2.03. The fourth-order valence-corrected chi connectivity index (χ4v) is 2.03. The Balaban J connectivity index is 2.00. The Labute approximate surface area is 105 Å². The first-order chi connectivity index (χ1) is 8.78. The summed E-state index contributed by atoms with van der Waals surface area (Å²) >= 11 is 0. The van der Waals surface area contributed by atoms with Crippen LogP contribution in [0.3, 0.4) is 0 Å². The van der Waals surface area contributed by atoms with Crippen molar-refractivity contribution < 1.29 is 5.11 Å². The Hall–Kier alpha value is -2.34. The van der Waals surface area contributed by atoms with E-state index in [1.54, 1.807) is 12.1 Å². The van der Waals surface area contributed by atoms with Crippen LogP contribution in [0.4, 0.5) is 0 Å². The molecule has 0 unspecified atom stereocenters. The van der Waals surface area contributed by atoms with Crippen LogP contribution in [0.2, 0.25) is 0 Å². The summed E-state index contributed by atoms with van der Waals surface area (Å²) in [4.78, 5) is 4.38. The molecule has 3 nitrogen and oxygen atoms in total. The third-order valence-electron chi connectivity index (χ3n) is 3.24. The maximum Gasteiger partial charge on any atom is 0.125 e. The first-order valence-electron chi connectivity index (χ1n) is 5.97. The predicted molar refractivity (Wildman–Crippen MR) is 68.0 cm³/mol. The molecule has 1 heterocycles. The van der Waals surface area contributed by atoms with Gasteiger partial charge in [0.2, 0.25) is 0 Å². The molecule has 88 valence electrons. The number of benzene rings is 1. The second-order valence-electron chi connectivity index (χ2n) is 4.59. The Kier molecular flexibility index (Phi) is 2.49. The van der Waals surface area contributed by atoms with Gasteiger partial charge in [-0.15, -0.1) is 0 Å². The maximum atomic E-state index is 9.83. The molecule has 3 heteroatoms. The zero-order valence-electron chi connectivity index (χ0n) is 9.80. The van der Waals surface area contributed by atoms with E-state index in [9.17, 15) is 5.11 Å². The summed E-state index contributed by atoms with van der Waals surface area (Å²) in [6.07, 6.45) is 4.36. The van der Waals surface area contributed by atoms with Crippen molar-refractivity contribution in [3.05, 3.63) is 47.7 Å². The lowest BCUT2D eigenvalue weighted by molar-refractivity contribution is 0.477. The van der Waals surface area contributed by atoms with Crippen LogP contribution in [0.5, 0.6) is 5.75 Å². The second-order valence-corrected chi connectivity index (χ2v) is 4.59. The van der Waals surface area contributed by atoms with Gasteiger partial charge in [-0.2, -0.15) is 5.26 Å². The molecule has 0 amide bonds. The molecule has 0 saturated heterocycles. The summed E-state index contributed by atoms with van der Waals surface area (Å²) in [5.74, 6) is 0.825. The molecule has 1 aliphatic rings. The fraction of sp³-hybridized carbons (Fsp3) is 0.200. The van der Waals surface area contributed by atoms with Crippen LogP contribution < -0.4 is 0 Å². The van der Waals surface area contributed by atoms with E-state index in [2.05, 4.69) is 17.1 Å². The number of hydrogen-bond acceptors (Lipinski definition) is 3. The zero-order chi connectivity index (χ0) is 12.5. The van der Waals surface area contributed by atoms with E-state index in [1.165, 1.54) is 24.5 Å². The van der Waals surface area contributed by atoms with E-state index in [-0.39, 0.29) is 5.75 Å². The van der Waals surface area contributed by atoms with Gasteiger partial charge in [-0.3, -0.25) is 4.98 Å². The highest BCUT2D eigenvalue weighted by Gasteiger charge is 2.23. The number of phenols is 1. The normalized spacial score (nSPS) is 14.2. The summed E-state index contributed by atoms with van der Waals surface area (Å²) in [6, 6.07) is 10.8. The molecule has 18 heavy (non-hydrogen) atoms. The average molecular weight is 236 g/mol. The lowest BCUT2D eigenvalue weighted by Gasteiger charge is -2.05. The quantitative estimate of drug-likeness (QED) is 0.871. The maximum absolute atomic E-state index is 9.83. The lowest BCUT2D eigenvalue weighted by Crippen LogP contribution is -1.88. The summed E-state index contributed by atoms with van der Waals surface area (Å²) in [5.41, 5.74) is 3.09. The first-order valence-corrected chi connectivity index (χ1v) is 5.97. The van der Waals surface area contributed by atoms with Crippen molar-refractivity contribution in [2.45, 2.75) is 18.8 Å². The van der Waals surface area contributed by atoms with Gasteiger partial charge in [0.05, 0.1) is 17.3 Å². The third-order valence-corrected chi connectivity index (χ3v) is 3.24. The largest absolute Gasteiger partial charge is 0.507 e. The smallest absolute Gasteiger partial charge is 0.125 e. The molecule has 0 spiro atoms. The minimum absolute atomic E-state index is 0.153. The molecule has 1 saturated carbocycles. The van der Waals surface area contributed by atoms with E-state index in [0.717, 1.165) is 0 Å². The van der Waals surface area contributed by atoms with Gasteiger partial charge in [0.25, 0.3) is 0 Å². The number of aromatic hydroxyl groups is 1. The standard InChI is InChI=1S/C15H12N2O/c16-8-10-1-6-15(18)13(7-10)14-5-4-12(9-17-14)11-2-3-11/h1,4-7,9,11,18H,2-3H2. The van der Waals surface area contributed by atoms with E-state index >= 15 is 0 Å². The van der Waals surface area contributed by atoms with Crippen molar-refractivity contribution >= 4 is 0 Å². The van der Waals surface area contributed by atoms with Gasteiger partial charge < -0.3 is 5.11 Å². The van der Waals surface area contributed by atoms with Crippen molar-refractivity contribution in [1.82, 2.24) is 4.98 Å². The number of pyridine rings is 1. The molecule has 0 radical (unpaired) electrons. The molecule has 0 atom stereocenters. The molecule has 1 aromatic heterocycles. The number of hydrogen-bond donors (Lipinski definition) is 1. The molecule has 0 bridgehead atoms. The van der Waals surface area contributed by atoms with E-state index in [4.69, 9.17) is 5.26 Å². The Morgan fingerprint density at radius 2 is 2.06 bits per heavy atom. The number of nitrogens with zero attached hydrogens (tertiary/aromatic N) is 2. The predicted octanol–water partition coefficient (Wildman–Crippen LogP) is 3.20. The molecule has 1 N–H and O–H groups in total. The van der Waals surface area contributed by atoms with Gasteiger partial charge in [0, 0.05) is 11.8 Å². The number of nitriles is 1. The van der Waals surface area contributed by atoms with Crippen LogP contribution in [0.15, 0.2) is 36.5 Å². The summed E-state index contributed by atoms with van der Waals surface area (Å²) in [6.45, 7) is 0. The average Bonchev–Trinajstić information content (AvgIpc) is 3.24. The topological polar surface area (TPSA) is 56.9 Å². The second kappa shape index (κ2) is 4.15. The Morgan fingerprint density at radius 1 is 1.22 bits per heavy atom. The molecule has 3 rings (SSSR count).